The average molecular weight is 440 g/mol. The lowest BCUT2D eigenvalue weighted by Gasteiger charge is -2.22. The quantitative estimate of drug-likeness (QED) is 0.312. The van der Waals surface area contributed by atoms with Crippen molar-refractivity contribution in [2.24, 2.45) is 4.99 Å². The van der Waals surface area contributed by atoms with E-state index in [0.717, 1.165) is 51.5 Å². The van der Waals surface area contributed by atoms with E-state index in [-0.39, 0.29) is 6.10 Å². The number of ether oxygens (including phenoxy) is 3. The van der Waals surface area contributed by atoms with Crippen LogP contribution >= 0.6 is 0 Å². The van der Waals surface area contributed by atoms with Gasteiger partial charge in [0.15, 0.2) is 5.96 Å². The van der Waals surface area contributed by atoms with Crippen LogP contribution in [0.15, 0.2) is 59.6 Å². The molecule has 1 unspecified atom stereocenters. The van der Waals surface area contributed by atoms with Gasteiger partial charge in [-0.25, -0.2) is 0 Å². The lowest BCUT2D eigenvalue weighted by atomic mass is 10.1. The first-order chi connectivity index (χ1) is 15.7. The van der Waals surface area contributed by atoms with Crippen LogP contribution in [0.2, 0.25) is 0 Å². The summed E-state index contributed by atoms with van der Waals surface area (Å²) in [5.41, 5.74) is 3.62. The van der Waals surface area contributed by atoms with Crippen molar-refractivity contribution >= 4 is 5.96 Å². The van der Waals surface area contributed by atoms with Crippen molar-refractivity contribution < 1.29 is 14.2 Å². The van der Waals surface area contributed by atoms with E-state index in [4.69, 9.17) is 14.2 Å². The molecule has 1 aliphatic rings. The Morgan fingerprint density at radius 2 is 1.75 bits per heavy atom. The first-order valence-corrected chi connectivity index (χ1v) is 11.6. The van der Waals surface area contributed by atoms with Crippen LogP contribution in [-0.2, 0) is 27.4 Å². The van der Waals surface area contributed by atoms with Gasteiger partial charge in [-0.1, -0.05) is 54.6 Å². The molecule has 0 bridgehead atoms. The largest absolute Gasteiger partial charge is 0.381 e. The maximum Gasteiger partial charge on any atom is 0.191 e. The zero-order chi connectivity index (χ0) is 22.4. The van der Waals surface area contributed by atoms with E-state index in [2.05, 4.69) is 58.9 Å². The number of hydrogen-bond acceptors (Lipinski definition) is 4. The fraction of sp³-hybridized carbons (Fsp3) is 0.500. The summed E-state index contributed by atoms with van der Waals surface area (Å²) >= 11 is 0. The Morgan fingerprint density at radius 3 is 2.47 bits per heavy atom. The Balaban J connectivity index is 1.29. The molecule has 0 amide bonds. The highest BCUT2D eigenvalue weighted by Gasteiger charge is 2.13. The van der Waals surface area contributed by atoms with Crippen LogP contribution in [0.4, 0.5) is 0 Å². The minimum Gasteiger partial charge on any atom is -0.381 e. The average Bonchev–Trinajstić information content (AvgIpc) is 2.86. The molecule has 3 rings (SSSR count). The fourth-order valence-corrected chi connectivity index (χ4v) is 3.58. The second kappa shape index (κ2) is 13.9. The van der Waals surface area contributed by atoms with Gasteiger partial charge in [-0.3, -0.25) is 4.99 Å². The van der Waals surface area contributed by atoms with Gasteiger partial charge in [0.05, 0.1) is 18.8 Å². The lowest BCUT2D eigenvalue weighted by molar-refractivity contribution is -0.0390. The van der Waals surface area contributed by atoms with Gasteiger partial charge in [-0.15, -0.1) is 0 Å². The van der Waals surface area contributed by atoms with Crippen LogP contribution < -0.4 is 10.6 Å². The predicted octanol–water partition coefficient (Wildman–Crippen LogP) is 4.22. The van der Waals surface area contributed by atoms with E-state index in [1.165, 1.54) is 16.7 Å². The highest BCUT2D eigenvalue weighted by molar-refractivity contribution is 5.79. The summed E-state index contributed by atoms with van der Waals surface area (Å²) < 4.78 is 17.3. The Bertz CT molecular complexity index is 790. The molecule has 6 heteroatoms. The predicted molar refractivity (Wildman–Crippen MR) is 129 cm³/mol. The molecule has 0 radical (unpaired) electrons. The van der Waals surface area contributed by atoms with E-state index in [1.807, 2.05) is 18.2 Å². The van der Waals surface area contributed by atoms with E-state index < -0.39 is 0 Å². The van der Waals surface area contributed by atoms with Gasteiger partial charge in [-0.2, -0.15) is 0 Å². The monoisotopic (exact) mass is 439 g/mol. The van der Waals surface area contributed by atoms with Crippen molar-refractivity contribution in [3.8, 4) is 0 Å². The number of rotatable bonds is 11. The van der Waals surface area contributed by atoms with Crippen molar-refractivity contribution in [2.75, 3.05) is 33.4 Å². The molecule has 0 spiro atoms. The Kier molecular flexibility index (Phi) is 10.5. The van der Waals surface area contributed by atoms with Crippen LogP contribution in [0.25, 0.3) is 0 Å². The summed E-state index contributed by atoms with van der Waals surface area (Å²) in [4.78, 5) is 4.31. The molecule has 6 nitrogen and oxygen atoms in total. The normalized spacial score (nSPS) is 16.0. The molecule has 2 aromatic carbocycles. The van der Waals surface area contributed by atoms with E-state index in [1.54, 1.807) is 7.05 Å². The van der Waals surface area contributed by atoms with Gasteiger partial charge >= 0.3 is 0 Å². The minimum atomic E-state index is 0.110. The van der Waals surface area contributed by atoms with Gasteiger partial charge in [-0.05, 0) is 42.9 Å². The lowest BCUT2D eigenvalue weighted by Crippen LogP contribution is -2.37. The summed E-state index contributed by atoms with van der Waals surface area (Å²) in [5.74, 6) is 0.799. The second-order valence-corrected chi connectivity index (χ2v) is 8.07. The summed E-state index contributed by atoms with van der Waals surface area (Å²) in [7, 11) is 1.79. The van der Waals surface area contributed by atoms with Gasteiger partial charge in [0, 0.05) is 40.0 Å². The van der Waals surface area contributed by atoms with E-state index >= 15 is 0 Å². The van der Waals surface area contributed by atoms with E-state index in [0.29, 0.717) is 19.3 Å². The fourth-order valence-electron chi connectivity index (χ4n) is 3.58. The Labute approximate surface area is 192 Å². The molecule has 0 saturated carbocycles. The van der Waals surface area contributed by atoms with Crippen molar-refractivity contribution in [3.63, 3.8) is 0 Å². The molecule has 32 heavy (non-hydrogen) atoms. The standard InChI is InChI=1S/C26H37N3O3/c1-21(24-7-4-3-5-8-24)31-16-6-15-28-26(27-2)29-19-22-9-11-23(12-10-22)20-32-25-13-17-30-18-14-25/h3-5,7-12,21,25H,6,13-20H2,1-2H3,(H2,27,28,29). The maximum atomic E-state index is 5.99. The van der Waals surface area contributed by atoms with Crippen molar-refractivity contribution in [2.45, 2.75) is 51.5 Å². The molecule has 174 valence electrons. The SMILES string of the molecule is CN=C(NCCCOC(C)c1ccccc1)NCc1ccc(COC2CCOCC2)cc1. The van der Waals surface area contributed by atoms with Gasteiger partial charge in [0.1, 0.15) is 0 Å². The Morgan fingerprint density at radius 1 is 1.03 bits per heavy atom. The van der Waals surface area contributed by atoms with Gasteiger partial charge in [0.2, 0.25) is 0 Å². The highest BCUT2D eigenvalue weighted by Crippen LogP contribution is 2.16. The first kappa shape index (κ1) is 24.2. The maximum absolute atomic E-state index is 5.99. The Hall–Kier alpha value is -2.41. The summed E-state index contributed by atoms with van der Waals surface area (Å²) in [5, 5.41) is 6.72. The molecule has 2 N–H and O–H groups in total. The van der Waals surface area contributed by atoms with Crippen molar-refractivity contribution in [3.05, 3.63) is 71.3 Å². The number of hydrogen-bond donors (Lipinski definition) is 2. The van der Waals surface area contributed by atoms with Crippen molar-refractivity contribution in [1.29, 1.82) is 0 Å². The van der Waals surface area contributed by atoms with Crippen molar-refractivity contribution in [1.82, 2.24) is 10.6 Å². The third-order valence-electron chi connectivity index (χ3n) is 5.61. The smallest absolute Gasteiger partial charge is 0.191 e. The molecule has 2 aromatic rings. The number of aliphatic imine (C=N–C) groups is 1. The van der Waals surface area contributed by atoms with Crippen LogP contribution in [0.1, 0.15) is 49.0 Å². The number of guanidine groups is 1. The third-order valence-corrected chi connectivity index (χ3v) is 5.61. The number of benzene rings is 2. The molecular weight excluding hydrogens is 402 g/mol. The second-order valence-electron chi connectivity index (χ2n) is 8.07. The zero-order valence-corrected chi connectivity index (χ0v) is 19.4. The molecule has 1 atom stereocenters. The highest BCUT2D eigenvalue weighted by atomic mass is 16.5. The van der Waals surface area contributed by atoms with Crippen LogP contribution in [-0.4, -0.2) is 45.5 Å². The number of nitrogens with one attached hydrogen (secondary N) is 2. The van der Waals surface area contributed by atoms with Crippen LogP contribution in [0.3, 0.4) is 0 Å². The molecule has 1 heterocycles. The third kappa shape index (κ3) is 8.61. The van der Waals surface area contributed by atoms with Crippen LogP contribution in [0.5, 0.6) is 0 Å². The summed E-state index contributed by atoms with van der Waals surface area (Å²) in [6.45, 7) is 6.61. The molecule has 1 aliphatic heterocycles. The molecule has 1 saturated heterocycles. The topological polar surface area (TPSA) is 64.1 Å². The van der Waals surface area contributed by atoms with Gasteiger partial charge in [0.25, 0.3) is 0 Å². The molecule has 1 fully saturated rings. The van der Waals surface area contributed by atoms with Gasteiger partial charge < -0.3 is 24.8 Å². The first-order valence-electron chi connectivity index (χ1n) is 11.6. The molecule has 0 aliphatic carbocycles. The summed E-state index contributed by atoms with van der Waals surface area (Å²) in [6.07, 6.45) is 3.34. The molecular formula is C26H37N3O3. The summed E-state index contributed by atoms with van der Waals surface area (Å²) in [6, 6.07) is 18.9. The zero-order valence-electron chi connectivity index (χ0n) is 19.4. The van der Waals surface area contributed by atoms with Crippen LogP contribution in [0, 0.1) is 0 Å². The minimum absolute atomic E-state index is 0.110. The van der Waals surface area contributed by atoms with E-state index in [9.17, 15) is 0 Å². The molecule has 0 aromatic heterocycles. The number of nitrogens with zero attached hydrogens (tertiary/aromatic N) is 1.